The van der Waals surface area contributed by atoms with Crippen LogP contribution in [-0.2, 0) is 13.6 Å². The first kappa shape index (κ1) is 14.9. The number of halogens is 1. The van der Waals surface area contributed by atoms with Gasteiger partial charge in [-0.15, -0.1) is 24.0 Å². The molecule has 6 nitrogen and oxygen atoms in total. The highest BCUT2D eigenvalue weighted by molar-refractivity contribution is 14.0. The van der Waals surface area contributed by atoms with Crippen LogP contribution in [0.15, 0.2) is 23.5 Å². The van der Waals surface area contributed by atoms with Crippen molar-refractivity contribution in [1.29, 1.82) is 0 Å². The summed E-state index contributed by atoms with van der Waals surface area (Å²) >= 11 is 0. The molecule has 0 aromatic carbocycles. The van der Waals surface area contributed by atoms with Crippen LogP contribution in [0.25, 0.3) is 0 Å². The maximum Gasteiger partial charge on any atom is 0.191 e. The number of hydrogen-bond donors (Lipinski definition) is 2. The molecule has 0 amide bonds. The van der Waals surface area contributed by atoms with Gasteiger partial charge in [0.15, 0.2) is 5.96 Å². The van der Waals surface area contributed by atoms with Gasteiger partial charge in [-0.05, 0) is 12.8 Å². The van der Waals surface area contributed by atoms with Crippen LogP contribution in [0.4, 0.5) is 0 Å². The summed E-state index contributed by atoms with van der Waals surface area (Å²) in [5.74, 6) is 1.69. The summed E-state index contributed by atoms with van der Waals surface area (Å²) in [4.78, 5) is 8.34. The molecule has 2 rings (SSSR count). The van der Waals surface area contributed by atoms with Gasteiger partial charge in [-0.2, -0.15) is 5.10 Å². The van der Waals surface area contributed by atoms with Gasteiger partial charge in [0, 0.05) is 20.1 Å². The zero-order valence-corrected chi connectivity index (χ0v) is 13.0. The zero-order chi connectivity index (χ0) is 12.1. The molecule has 1 aliphatic rings. The maximum absolute atomic E-state index is 4.19. The molecule has 1 aromatic heterocycles. The Labute approximate surface area is 124 Å². The standard InChI is InChI=1S/C11H18N6.HI/c1-12-11(16-9-5-3-4-6-9)13-7-10-14-8-15-17(10)2;/h3-4,8-9H,5-7H2,1-2H3,(H2,12,13,16);1H. The SMILES string of the molecule is CN=C(NCc1ncnn1C)NC1CC=CC1.I. The number of nitrogens with zero attached hydrogens (tertiary/aromatic N) is 4. The molecule has 1 aliphatic carbocycles. The molecule has 1 aromatic rings. The van der Waals surface area contributed by atoms with Crippen molar-refractivity contribution in [2.24, 2.45) is 12.0 Å². The van der Waals surface area contributed by atoms with Gasteiger partial charge in [0.25, 0.3) is 0 Å². The Bertz CT molecular complexity index is 417. The number of aromatic nitrogens is 3. The third kappa shape index (κ3) is 3.97. The second-order valence-electron chi connectivity index (χ2n) is 4.01. The summed E-state index contributed by atoms with van der Waals surface area (Å²) in [5, 5.41) is 10.6. The predicted octanol–water partition coefficient (Wildman–Crippen LogP) is 0.817. The third-order valence-corrected chi connectivity index (χ3v) is 2.79. The van der Waals surface area contributed by atoms with E-state index in [1.807, 2.05) is 7.05 Å². The summed E-state index contributed by atoms with van der Waals surface area (Å²) < 4.78 is 1.75. The van der Waals surface area contributed by atoms with Crippen molar-refractivity contribution in [2.45, 2.75) is 25.4 Å². The Morgan fingerprint density at radius 3 is 2.78 bits per heavy atom. The van der Waals surface area contributed by atoms with Crippen LogP contribution in [-0.4, -0.2) is 33.8 Å². The third-order valence-electron chi connectivity index (χ3n) is 2.79. The van der Waals surface area contributed by atoms with E-state index in [9.17, 15) is 0 Å². The molecule has 0 radical (unpaired) electrons. The van der Waals surface area contributed by atoms with E-state index in [1.54, 1.807) is 18.1 Å². The van der Waals surface area contributed by atoms with Gasteiger partial charge in [0.2, 0.25) is 0 Å². The van der Waals surface area contributed by atoms with Crippen molar-refractivity contribution in [2.75, 3.05) is 7.05 Å². The number of rotatable bonds is 3. The Balaban J connectivity index is 0.00000162. The highest BCUT2D eigenvalue weighted by atomic mass is 127. The molecule has 100 valence electrons. The minimum absolute atomic E-state index is 0. The van der Waals surface area contributed by atoms with Gasteiger partial charge in [-0.3, -0.25) is 9.67 Å². The Morgan fingerprint density at radius 1 is 1.50 bits per heavy atom. The first-order chi connectivity index (χ1) is 8.29. The van der Waals surface area contributed by atoms with Crippen molar-refractivity contribution in [1.82, 2.24) is 25.4 Å². The molecule has 7 heteroatoms. The normalized spacial score (nSPS) is 15.6. The molecule has 0 saturated carbocycles. The van der Waals surface area contributed by atoms with E-state index in [1.165, 1.54) is 0 Å². The Kier molecular flexibility index (Phi) is 6.10. The number of aryl methyl sites for hydroxylation is 1. The van der Waals surface area contributed by atoms with E-state index in [2.05, 4.69) is 37.9 Å². The van der Waals surface area contributed by atoms with Gasteiger partial charge in [-0.25, -0.2) is 4.98 Å². The first-order valence-electron chi connectivity index (χ1n) is 5.74. The molecular formula is C11H19IN6. The average molecular weight is 362 g/mol. The summed E-state index contributed by atoms with van der Waals surface area (Å²) in [6, 6.07) is 0.459. The van der Waals surface area contributed by atoms with Gasteiger partial charge in [0.1, 0.15) is 12.2 Å². The van der Waals surface area contributed by atoms with E-state index in [-0.39, 0.29) is 24.0 Å². The summed E-state index contributed by atoms with van der Waals surface area (Å²) in [7, 11) is 3.65. The van der Waals surface area contributed by atoms with Crippen molar-refractivity contribution >= 4 is 29.9 Å². The molecule has 1 heterocycles. The van der Waals surface area contributed by atoms with E-state index >= 15 is 0 Å². The lowest BCUT2D eigenvalue weighted by molar-refractivity contribution is 0.621. The fraction of sp³-hybridized carbons (Fsp3) is 0.545. The Morgan fingerprint density at radius 2 is 2.22 bits per heavy atom. The molecule has 0 unspecified atom stereocenters. The minimum Gasteiger partial charge on any atom is -0.353 e. The quantitative estimate of drug-likeness (QED) is 0.362. The van der Waals surface area contributed by atoms with Crippen molar-refractivity contribution in [3.63, 3.8) is 0 Å². The second kappa shape index (κ2) is 7.34. The lowest BCUT2D eigenvalue weighted by Crippen LogP contribution is -2.42. The minimum atomic E-state index is 0. The van der Waals surface area contributed by atoms with E-state index in [4.69, 9.17) is 0 Å². The zero-order valence-electron chi connectivity index (χ0n) is 10.6. The van der Waals surface area contributed by atoms with E-state index in [0.29, 0.717) is 12.6 Å². The number of hydrogen-bond acceptors (Lipinski definition) is 3. The van der Waals surface area contributed by atoms with Crippen molar-refractivity contribution in [3.8, 4) is 0 Å². The Hall–Kier alpha value is -1.12. The highest BCUT2D eigenvalue weighted by Crippen LogP contribution is 2.08. The molecule has 0 aliphatic heterocycles. The van der Waals surface area contributed by atoms with E-state index in [0.717, 1.165) is 24.6 Å². The molecule has 0 fully saturated rings. The number of nitrogens with one attached hydrogen (secondary N) is 2. The molecule has 2 N–H and O–H groups in total. The van der Waals surface area contributed by atoms with Crippen LogP contribution in [0, 0.1) is 0 Å². The topological polar surface area (TPSA) is 67.1 Å². The second-order valence-corrected chi connectivity index (χ2v) is 4.01. The molecule has 0 saturated heterocycles. The molecule has 0 spiro atoms. The van der Waals surface area contributed by atoms with Crippen molar-refractivity contribution < 1.29 is 0 Å². The molecular weight excluding hydrogens is 343 g/mol. The lowest BCUT2D eigenvalue weighted by atomic mass is 10.2. The molecule has 0 bridgehead atoms. The number of guanidine groups is 1. The fourth-order valence-electron chi connectivity index (χ4n) is 1.77. The first-order valence-corrected chi connectivity index (χ1v) is 5.74. The lowest BCUT2D eigenvalue weighted by Gasteiger charge is -2.16. The summed E-state index contributed by atoms with van der Waals surface area (Å²) in [5.41, 5.74) is 0. The smallest absolute Gasteiger partial charge is 0.191 e. The van der Waals surface area contributed by atoms with Gasteiger partial charge >= 0.3 is 0 Å². The predicted molar refractivity (Wildman–Crippen MR) is 81.9 cm³/mol. The largest absolute Gasteiger partial charge is 0.353 e. The summed E-state index contributed by atoms with van der Waals surface area (Å²) in [6.07, 6.45) is 8.05. The maximum atomic E-state index is 4.19. The fourth-order valence-corrected chi connectivity index (χ4v) is 1.77. The number of aliphatic imine (C=N–C) groups is 1. The van der Waals surface area contributed by atoms with Gasteiger partial charge in [-0.1, -0.05) is 12.2 Å². The molecule has 0 atom stereocenters. The highest BCUT2D eigenvalue weighted by Gasteiger charge is 2.11. The van der Waals surface area contributed by atoms with Crippen LogP contribution in [0.3, 0.4) is 0 Å². The van der Waals surface area contributed by atoms with Crippen LogP contribution in [0.2, 0.25) is 0 Å². The van der Waals surface area contributed by atoms with E-state index < -0.39 is 0 Å². The van der Waals surface area contributed by atoms with Crippen LogP contribution in [0.1, 0.15) is 18.7 Å². The van der Waals surface area contributed by atoms with Crippen LogP contribution >= 0.6 is 24.0 Å². The van der Waals surface area contributed by atoms with Gasteiger partial charge in [0.05, 0.1) is 6.54 Å². The van der Waals surface area contributed by atoms with Crippen LogP contribution in [0.5, 0.6) is 0 Å². The van der Waals surface area contributed by atoms with Gasteiger partial charge < -0.3 is 10.6 Å². The van der Waals surface area contributed by atoms with Crippen LogP contribution < -0.4 is 10.6 Å². The summed E-state index contributed by atoms with van der Waals surface area (Å²) in [6.45, 7) is 0.621. The average Bonchev–Trinajstić information content (AvgIpc) is 2.96. The molecule has 18 heavy (non-hydrogen) atoms. The van der Waals surface area contributed by atoms with Crippen molar-refractivity contribution in [3.05, 3.63) is 24.3 Å². The monoisotopic (exact) mass is 362 g/mol.